The van der Waals surface area contributed by atoms with E-state index in [-0.39, 0.29) is 18.4 Å². The summed E-state index contributed by atoms with van der Waals surface area (Å²) < 4.78 is 5.89. The molecule has 0 unspecified atom stereocenters. The Labute approximate surface area is 180 Å². The summed E-state index contributed by atoms with van der Waals surface area (Å²) in [5.41, 5.74) is 5.34. The maximum Gasteiger partial charge on any atom is 0.261 e. The molecular weight excluding hydrogens is 376 g/mol. The second-order valence-electron chi connectivity index (χ2n) is 7.97. The number of carbonyl (C=O) groups is 2. The molecule has 5 heteroatoms. The predicted octanol–water partition coefficient (Wildman–Crippen LogP) is 4.24. The summed E-state index contributed by atoms with van der Waals surface area (Å²) in [5, 5.41) is 2.89. The fraction of sp³-hybridized carbons (Fsp3) is 0.440. The van der Waals surface area contributed by atoms with Crippen molar-refractivity contribution < 1.29 is 14.3 Å². The highest BCUT2D eigenvalue weighted by Gasteiger charge is 2.26. The molecule has 30 heavy (non-hydrogen) atoms. The highest BCUT2D eigenvalue weighted by molar-refractivity contribution is 5.88. The lowest BCUT2D eigenvalue weighted by atomic mass is 10.1. The molecule has 2 aromatic carbocycles. The van der Waals surface area contributed by atoms with E-state index in [1.165, 1.54) is 0 Å². The van der Waals surface area contributed by atoms with Gasteiger partial charge in [-0.15, -0.1) is 0 Å². The van der Waals surface area contributed by atoms with Crippen LogP contribution in [0.25, 0.3) is 0 Å². The lowest BCUT2D eigenvalue weighted by molar-refractivity contribution is -0.142. The summed E-state index contributed by atoms with van der Waals surface area (Å²) in [6, 6.07) is 11.4. The third-order valence-electron chi connectivity index (χ3n) is 5.27. The molecule has 0 aliphatic heterocycles. The lowest BCUT2D eigenvalue weighted by Crippen LogP contribution is -2.49. The van der Waals surface area contributed by atoms with Crippen LogP contribution in [0.15, 0.2) is 36.4 Å². The molecule has 1 atom stereocenters. The molecule has 0 aliphatic carbocycles. The summed E-state index contributed by atoms with van der Waals surface area (Å²) in [4.78, 5) is 27.3. The third kappa shape index (κ3) is 6.34. The van der Waals surface area contributed by atoms with Gasteiger partial charge in [-0.3, -0.25) is 9.59 Å². The maximum absolute atomic E-state index is 13.1. The summed E-state index contributed by atoms with van der Waals surface area (Å²) in [6.45, 7) is 12.6. The lowest BCUT2D eigenvalue weighted by Gasteiger charge is -2.29. The minimum Gasteiger partial charge on any atom is -0.483 e. The summed E-state index contributed by atoms with van der Waals surface area (Å²) in [7, 11) is 0. The number of aryl methyl sites for hydroxylation is 3. The van der Waals surface area contributed by atoms with E-state index in [9.17, 15) is 9.59 Å². The van der Waals surface area contributed by atoms with Crippen LogP contribution in [0.5, 0.6) is 5.75 Å². The van der Waals surface area contributed by atoms with Gasteiger partial charge >= 0.3 is 0 Å². The summed E-state index contributed by atoms with van der Waals surface area (Å²) in [5.74, 6) is 0.342. The highest BCUT2D eigenvalue weighted by Crippen LogP contribution is 2.23. The molecule has 0 saturated carbocycles. The topological polar surface area (TPSA) is 58.6 Å². The average molecular weight is 411 g/mol. The Kier molecular flexibility index (Phi) is 8.46. The molecule has 0 heterocycles. The van der Waals surface area contributed by atoms with E-state index >= 15 is 0 Å². The fourth-order valence-corrected chi connectivity index (χ4v) is 3.36. The van der Waals surface area contributed by atoms with E-state index in [0.29, 0.717) is 18.8 Å². The van der Waals surface area contributed by atoms with Gasteiger partial charge in [0.05, 0.1) is 0 Å². The molecular formula is C25H34N2O3. The number of hydrogen-bond acceptors (Lipinski definition) is 3. The third-order valence-corrected chi connectivity index (χ3v) is 5.27. The Bertz CT molecular complexity index is 892. The van der Waals surface area contributed by atoms with Crippen molar-refractivity contribution in [2.75, 3.05) is 13.2 Å². The molecule has 0 aromatic heterocycles. The van der Waals surface area contributed by atoms with Crippen LogP contribution in [0.4, 0.5) is 0 Å². The van der Waals surface area contributed by atoms with Gasteiger partial charge < -0.3 is 15.0 Å². The van der Waals surface area contributed by atoms with Gasteiger partial charge in [0, 0.05) is 13.1 Å². The standard InChI is InChI=1S/C25H34N2O3/c1-7-11-26-25(29)21(6)27(15-22-10-8-9-17(2)13-22)24(28)16-30-23-14-18(3)12-19(4)20(23)5/h8-10,12-14,21H,7,11,15-16H2,1-6H3,(H,26,29)/t21-/m1/s1. The molecule has 0 bridgehead atoms. The fourth-order valence-electron chi connectivity index (χ4n) is 3.36. The van der Waals surface area contributed by atoms with Crippen LogP contribution in [-0.4, -0.2) is 35.9 Å². The number of carbonyl (C=O) groups excluding carboxylic acids is 2. The normalized spacial score (nSPS) is 11.7. The number of ether oxygens (including phenoxy) is 1. The smallest absolute Gasteiger partial charge is 0.261 e. The van der Waals surface area contributed by atoms with Crippen LogP contribution < -0.4 is 10.1 Å². The van der Waals surface area contributed by atoms with Crippen LogP contribution in [0.1, 0.15) is 48.1 Å². The summed E-state index contributed by atoms with van der Waals surface area (Å²) in [6.07, 6.45) is 0.847. The number of rotatable bonds is 9. The Balaban J connectivity index is 2.19. The van der Waals surface area contributed by atoms with E-state index in [0.717, 1.165) is 34.2 Å². The van der Waals surface area contributed by atoms with Crippen LogP contribution in [-0.2, 0) is 16.1 Å². The monoisotopic (exact) mass is 410 g/mol. The molecule has 0 spiro atoms. The van der Waals surface area contributed by atoms with E-state index in [1.54, 1.807) is 11.8 Å². The molecule has 0 radical (unpaired) electrons. The van der Waals surface area contributed by atoms with Gasteiger partial charge in [0.2, 0.25) is 5.91 Å². The van der Waals surface area contributed by atoms with Gasteiger partial charge in [0.1, 0.15) is 11.8 Å². The number of amides is 2. The Morgan fingerprint density at radius 2 is 1.80 bits per heavy atom. The second kappa shape index (κ2) is 10.8. The first-order chi connectivity index (χ1) is 14.2. The van der Waals surface area contributed by atoms with Gasteiger partial charge in [-0.25, -0.2) is 0 Å². The number of benzene rings is 2. The Morgan fingerprint density at radius 1 is 1.07 bits per heavy atom. The minimum atomic E-state index is -0.589. The first-order valence-electron chi connectivity index (χ1n) is 10.6. The molecule has 5 nitrogen and oxygen atoms in total. The largest absolute Gasteiger partial charge is 0.483 e. The molecule has 2 amide bonds. The number of nitrogens with zero attached hydrogens (tertiary/aromatic N) is 1. The van der Waals surface area contributed by atoms with Gasteiger partial charge in [-0.2, -0.15) is 0 Å². The van der Waals surface area contributed by atoms with Crippen LogP contribution >= 0.6 is 0 Å². The minimum absolute atomic E-state index is 0.110. The first kappa shape index (κ1) is 23.5. The van der Waals surface area contributed by atoms with Gasteiger partial charge in [0.25, 0.3) is 5.91 Å². The van der Waals surface area contributed by atoms with E-state index in [4.69, 9.17) is 4.74 Å². The zero-order valence-corrected chi connectivity index (χ0v) is 19.0. The molecule has 1 N–H and O–H groups in total. The predicted molar refractivity (Wildman–Crippen MR) is 121 cm³/mol. The van der Waals surface area contributed by atoms with Crippen molar-refractivity contribution in [3.05, 3.63) is 64.2 Å². The zero-order chi connectivity index (χ0) is 22.3. The van der Waals surface area contributed by atoms with Crippen molar-refractivity contribution in [3.63, 3.8) is 0 Å². The second-order valence-corrected chi connectivity index (χ2v) is 7.97. The molecule has 2 rings (SSSR count). The van der Waals surface area contributed by atoms with Crippen molar-refractivity contribution in [3.8, 4) is 5.75 Å². The van der Waals surface area contributed by atoms with Crippen molar-refractivity contribution in [2.45, 2.75) is 60.5 Å². The van der Waals surface area contributed by atoms with Crippen LogP contribution in [0, 0.1) is 27.7 Å². The van der Waals surface area contributed by atoms with Gasteiger partial charge in [0.15, 0.2) is 6.61 Å². The molecule has 0 aliphatic rings. The SMILES string of the molecule is CCCNC(=O)[C@@H](C)N(Cc1cccc(C)c1)C(=O)COc1cc(C)cc(C)c1C. The van der Waals surface area contributed by atoms with Gasteiger partial charge in [-0.05, 0) is 69.4 Å². The quantitative estimate of drug-likeness (QED) is 0.673. The van der Waals surface area contributed by atoms with E-state index in [2.05, 4.69) is 11.4 Å². The number of nitrogens with one attached hydrogen (secondary N) is 1. The maximum atomic E-state index is 13.1. The van der Waals surface area contributed by atoms with Crippen molar-refractivity contribution in [1.82, 2.24) is 10.2 Å². The van der Waals surface area contributed by atoms with E-state index < -0.39 is 6.04 Å². The van der Waals surface area contributed by atoms with Crippen LogP contribution in [0.3, 0.4) is 0 Å². The zero-order valence-electron chi connectivity index (χ0n) is 19.0. The molecule has 162 valence electrons. The molecule has 0 saturated heterocycles. The van der Waals surface area contributed by atoms with Gasteiger partial charge in [-0.1, -0.05) is 42.8 Å². The Hall–Kier alpha value is -2.82. The molecule has 0 fully saturated rings. The first-order valence-corrected chi connectivity index (χ1v) is 10.6. The number of hydrogen-bond donors (Lipinski definition) is 1. The molecule has 2 aromatic rings. The van der Waals surface area contributed by atoms with E-state index in [1.807, 2.05) is 65.0 Å². The highest BCUT2D eigenvalue weighted by atomic mass is 16.5. The summed E-state index contributed by atoms with van der Waals surface area (Å²) >= 11 is 0. The average Bonchev–Trinajstić information content (AvgIpc) is 2.71. The van der Waals surface area contributed by atoms with Crippen molar-refractivity contribution >= 4 is 11.8 Å². The van der Waals surface area contributed by atoms with Crippen molar-refractivity contribution in [2.24, 2.45) is 0 Å². The van der Waals surface area contributed by atoms with Crippen molar-refractivity contribution in [1.29, 1.82) is 0 Å². The van der Waals surface area contributed by atoms with Crippen LogP contribution in [0.2, 0.25) is 0 Å². The Morgan fingerprint density at radius 3 is 2.47 bits per heavy atom.